The number of carbonyl (C=O) groups excluding carboxylic acids is 1. The molecule has 0 heterocycles. The van der Waals surface area contributed by atoms with Crippen LogP contribution < -0.4 is 10.0 Å². The smallest absolute Gasteiger partial charge is 0.257 e. The van der Waals surface area contributed by atoms with Crippen molar-refractivity contribution < 1.29 is 17.6 Å². The number of halogens is 3. The lowest BCUT2D eigenvalue weighted by atomic mass is 10.2. The molecule has 0 saturated carbocycles. The molecular weight excluding hydrogens is 402 g/mol. The molecule has 1 amide bonds. The third kappa shape index (κ3) is 5.17. The summed E-state index contributed by atoms with van der Waals surface area (Å²) in [6.45, 7) is 3.93. The monoisotopic (exact) mass is 418 g/mol. The highest BCUT2D eigenvalue weighted by Gasteiger charge is 2.22. The molecule has 0 aliphatic carbocycles. The third-order valence-electron chi connectivity index (χ3n) is 3.34. The number of nitrogens with one attached hydrogen (secondary N) is 2. The standard InChI is InChI=1S/C17H17Cl2FN2O3S/c1-10(2)9-21-26(24,25)16-7-13(14(18)8-15(16)19)17(23)22-12-5-3-11(20)4-6-12/h3-8,10,21H,9H2,1-2H3,(H,22,23). The van der Waals surface area contributed by atoms with Crippen molar-refractivity contribution in [3.63, 3.8) is 0 Å². The fraction of sp³-hybridized carbons (Fsp3) is 0.235. The van der Waals surface area contributed by atoms with E-state index >= 15 is 0 Å². The number of hydrogen-bond acceptors (Lipinski definition) is 3. The Morgan fingerprint density at radius 1 is 1.12 bits per heavy atom. The number of sulfonamides is 1. The SMILES string of the molecule is CC(C)CNS(=O)(=O)c1cc(C(=O)Nc2ccc(F)cc2)c(Cl)cc1Cl. The molecule has 2 aromatic rings. The first-order valence-electron chi connectivity index (χ1n) is 7.66. The van der Waals surface area contributed by atoms with Crippen LogP contribution >= 0.6 is 23.2 Å². The van der Waals surface area contributed by atoms with E-state index in [0.717, 1.165) is 6.07 Å². The van der Waals surface area contributed by atoms with Crippen LogP contribution in [0.25, 0.3) is 0 Å². The second kappa shape index (κ2) is 8.35. The van der Waals surface area contributed by atoms with Crippen molar-refractivity contribution in [2.75, 3.05) is 11.9 Å². The van der Waals surface area contributed by atoms with Crippen molar-refractivity contribution in [2.45, 2.75) is 18.7 Å². The zero-order chi connectivity index (χ0) is 19.5. The molecule has 0 aliphatic heterocycles. The topological polar surface area (TPSA) is 75.3 Å². The minimum absolute atomic E-state index is 0.00239. The summed E-state index contributed by atoms with van der Waals surface area (Å²) in [7, 11) is -3.91. The van der Waals surface area contributed by atoms with E-state index in [2.05, 4.69) is 10.0 Å². The van der Waals surface area contributed by atoms with Crippen LogP contribution in [0.5, 0.6) is 0 Å². The van der Waals surface area contributed by atoms with Gasteiger partial charge in [-0.25, -0.2) is 17.5 Å². The first kappa shape index (κ1) is 20.6. The Labute approximate surface area is 161 Å². The van der Waals surface area contributed by atoms with Gasteiger partial charge in [0.05, 0.1) is 15.6 Å². The molecule has 0 radical (unpaired) electrons. The Morgan fingerprint density at radius 2 is 1.73 bits per heavy atom. The molecule has 0 spiro atoms. The Morgan fingerprint density at radius 3 is 2.31 bits per heavy atom. The van der Waals surface area contributed by atoms with E-state index in [4.69, 9.17) is 23.2 Å². The molecule has 9 heteroatoms. The lowest BCUT2D eigenvalue weighted by Crippen LogP contribution is -2.28. The number of amides is 1. The quantitative estimate of drug-likeness (QED) is 0.733. The predicted octanol–water partition coefficient (Wildman–Crippen LogP) is 4.32. The predicted molar refractivity (Wildman–Crippen MR) is 101 cm³/mol. The maximum atomic E-state index is 12.9. The van der Waals surface area contributed by atoms with Crippen molar-refractivity contribution in [1.82, 2.24) is 4.72 Å². The average molecular weight is 419 g/mol. The van der Waals surface area contributed by atoms with Gasteiger partial charge in [-0.1, -0.05) is 37.0 Å². The highest BCUT2D eigenvalue weighted by molar-refractivity contribution is 7.89. The van der Waals surface area contributed by atoms with Gasteiger partial charge in [0.15, 0.2) is 0 Å². The van der Waals surface area contributed by atoms with Crippen LogP contribution in [0.4, 0.5) is 10.1 Å². The largest absolute Gasteiger partial charge is 0.322 e. The molecule has 0 aliphatic rings. The summed E-state index contributed by atoms with van der Waals surface area (Å²) >= 11 is 12.1. The minimum Gasteiger partial charge on any atom is -0.322 e. The molecular formula is C17H17Cl2FN2O3S. The van der Waals surface area contributed by atoms with Gasteiger partial charge in [0.2, 0.25) is 10.0 Å². The van der Waals surface area contributed by atoms with E-state index in [1.165, 1.54) is 30.3 Å². The van der Waals surface area contributed by atoms with Gasteiger partial charge in [-0.15, -0.1) is 0 Å². The van der Waals surface area contributed by atoms with Crippen LogP contribution in [-0.4, -0.2) is 20.9 Å². The van der Waals surface area contributed by atoms with Gasteiger partial charge in [-0.05, 0) is 42.3 Å². The lowest BCUT2D eigenvalue weighted by Gasteiger charge is -2.13. The Bertz CT molecular complexity index is 916. The number of benzene rings is 2. The van der Waals surface area contributed by atoms with Gasteiger partial charge in [0, 0.05) is 12.2 Å². The fourth-order valence-corrected chi connectivity index (χ4v) is 4.07. The third-order valence-corrected chi connectivity index (χ3v) is 5.54. The van der Waals surface area contributed by atoms with Crippen LogP contribution in [0.15, 0.2) is 41.3 Å². The zero-order valence-corrected chi connectivity index (χ0v) is 16.3. The van der Waals surface area contributed by atoms with Gasteiger partial charge in [0.25, 0.3) is 5.91 Å². The van der Waals surface area contributed by atoms with E-state index in [1.54, 1.807) is 0 Å². The molecule has 140 valence electrons. The Hall–Kier alpha value is -1.67. The maximum absolute atomic E-state index is 12.9. The Balaban J connectivity index is 2.34. The molecule has 2 rings (SSSR count). The normalized spacial score (nSPS) is 11.6. The Kier molecular flexibility index (Phi) is 6.63. The summed E-state index contributed by atoms with van der Waals surface area (Å²) in [5.74, 6) is -0.993. The summed E-state index contributed by atoms with van der Waals surface area (Å²) in [6.07, 6.45) is 0. The molecule has 0 saturated heterocycles. The molecule has 26 heavy (non-hydrogen) atoms. The lowest BCUT2D eigenvalue weighted by molar-refractivity contribution is 0.102. The van der Waals surface area contributed by atoms with Crippen LogP contribution in [0.2, 0.25) is 10.0 Å². The first-order valence-corrected chi connectivity index (χ1v) is 9.89. The van der Waals surface area contributed by atoms with Crippen molar-refractivity contribution in [3.05, 3.63) is 57.8 Å². The first-order chi connectivity index (χ1) is 12.1. The van der Waals surface area contributed by atoms with Crippen molar-refractivity contribution >= 4 is 44.8 Å². The number of carbonyl (C=O) groups is 1. The van der Waals surface area contributed by atoms with Crippen LogP contribution in [0.3, 0.4) is 0 Å². The number of rotatable bonds is 6. The van der Waals surface area contributed by atoms with Gasteiger partial charge in [-0.3, -0.25) is 4.79 Å². The van der Waals surface area contributed by atoms with E-state index in [0.29, 0.717) is 5.69 Å². The van der Waals surface area contributed by atoms with Crippen molar-refractivity contribution in [2.24, 2.45) is 5.92 Å². The highest BCUT2D eigenvalue weighted by Crippen LogP contribution is 2.29. The van der Waals surface area contributed by atoms with Gasteiger partial charge < -0.3 is 5.32 Å². The van der Waals surface area contributed by atoms with E-state index in [1.807, 2.05) is 13.8 Å². The zero-order valence-electron chi connectivity index (χ0n) is 14.0. The van der Waals surface area contributed by atoms with Gasteiger partial charge in [0.1, 0.15) is 10.7 Å². The fourth-order valence-electron chi connectivity index (χ4n) is 1.99. The molecule has 0 bridgehead atoms. The van der Waals surface area contributed by atoms with E-state index < -0.39 is 21.7 Å². The minimum atomic E-state index is -3.91. The summed E-state index contributed by atoms with van der Waals surface area (Å²) in [5.41, 5.74) is 0.273. The average Bonchev–Trinajstić information content (AvgIpc) is 2.55. The summed E-state index contributed by atoms with van der Waals surface area (Å²) < 4.78 is 40.2. The second-order valence-electron chi connectivity index (χ2n) is 5.97. The molecule has 0 unspecified atom stereocenters. The number of hydrogen-bond donors (Lipinski definition) is 2. The van der Waals surface area contributed by atoms with Crippen LogP contribution in [-0.2, 0) is 10.0 Å². The maximum Gasteiger partial charge on any atom is 0.257 e. The molecule has 0 aromatic heterocycles. The molecule has 2 N–H and O–H groups in total. The van der Waals surface area contributed by atoms with Crippen molar-refractivity contribution in [3.8, 4) is 0 Å². The van der Waals surface area contributed by atoms with Gasteiger partial charge >= 0.3 is 0 Å². The van der Waals surface area contributed by atoms with Crippen LogP contribution in [0.1, 0.15) is 24.2 Å². The highest BCUT2D eigenvalue weighted by atomic mass is 35.5. The molecule has 2 aromatic carbocycles. The van der Waals surface area contributed by atoms with Crippen LogP contribution in [0, 0.1) is 11.7 Å². The molecule has 5 nitrogen and oxygen atoms in total. The molecule has 0 fully saturated rings. The van der Waals surface area contributed by atoms with Crippen molar-refractivity contribution in [1.29, 1.82) is 0 Å². The van der Waals surface area contributed by atoms with Gasteiger partial charge in [-0.2, -0.15) is 0 Å². The van der Waals surface area contributed by atoms with E-state index in [-0.39, 0.29) is 33.0 Å². The second-order valence-corrected chi connectivity index (χ2v) is 8.52. The summed E-state index contributed by atoms with van der Waals surface area (Å²) in [4.78, 5) is 12.2. The van der Waals surface area contributed by atoms with E-state index in [9.17, 15) is 17.6 Å². The summed E-state index contributed by atoms with van der Waals surface area (Å²) in [6, 6.07) is 7.44. The molecule has 0 atom stereocenters. The number of anilines is 1. The summed E-state index contributed by atoms with van der Waals surface area (Å²) in [5, 5.41) is 2.43.